The van der Waals surface area contributed by atoms with E-state index in [1.807, 2.05) is 25.1 Å². The summed E-state index contributed by atoms with van der Waals surface area (Å²) in [6.07, 6.45) is 0.767. The van der Waals surface area contributed by atoms with E-state index < -0.39 is 0 Å². The van der Waals surface area contributed by atoms with Crippen molar-refractivity contribution in [3.63, 3.8) is 0 Å². The molecule has 0 fully saturated rings. The first-order valence-corrected chi connectivity index (χ1v) is 6.46. The highest BCUT2D eigenvalue weighted by atomic mass is 79.9. The fourth-order valence-electron chi connectivity index (χ4n) is 1.78. The van der Waals surface area contributed by atoms with Gasteiger partial charge >= 0.3 is 0 Å². The molecule has 0 amide bonds. The third-order valence-electron chi connectivity index (χ3n) is 2.57. The Morgan fingerprint density at radius 1 is 1.29 bits per heavy atom. The maximum Gasteiger partial charge on any atom is 0.135 e. The summed E-state index contributed by atoms with van der Waals surface area (Å²) >= 11 is 3.54. The van der Waals surface area contributed by atoms with Crippen LogP contribution >= 0.6 is 15.9 Å². The van der Waals surface area contributed by atoms with Gasteiger partial charge in [0.05, 0.1) is 0 Å². The van der Waals surface area contributed by atoms with Crippen molar-refractivity contribution in [2.24, 2.45) is 5.73 Å². The van der Waals surface area contributed by atoms with E-state index in [0.29, 0.717) is 0 Å². The van der Waals surface area contributed by atoms with E-state index in [2.05, 4.69) is 35.0 Å². The van der Waals surface area contributed by atoms with Gasteiger partial charge in [-0.05, 0) is 38.1 Å². The molecule has 2 N–H and O–H groups in total. The van der Waals surface area contributed by atoms with E-state index in [1.165, 1.54) is 5.56 Å². The van der Waals surface area contributed by atoms with Crippen LogP contribution in [0.1, 0.15) is 18.2 Å². The second-order valence-electron chi connectivity index (χ2n) is 4.43. The molecule has 1 atom stereocenters. The number of hydrogen-bond acceptors (Lipinski definition) is 2. The van der Waals surface area contributed by atoms with Gasteiger partial charge in [-0.15, -0.1) is 0 Å². The Bertz CT molecular complexity index is 517. The van der Waals surface area contributed by atoms with Crippen LogP contribution in [0.4, 0.5) is 0 Å². The topological polar surface area (TPSA) is 39.2 Å². The number of halogens is 1. The molecule has 1 aromatic heterocycles. The number of hydrogen-bond donors (Lipinski definition) is 1. The summed E-state index contributed by atoms with van der Waals surface area (Å²) in [6.45, 7) is 4.05. The fourth-order valence-corrected chi connectivity index (χ4v) is 2.22. The van der Waals surface area contributed by atoms with E-state index in [9.17, 15) is 0 Å². The highest BCUT2D eigenvalue weighted by Gasteiger charge is 2.09. The molecule has 17 heavy (non-hydrogen) atoms. The van der Waals surface area contributed by atoms with Crippen LogP contribution < -0.4 is 5.73 Å². The molecule has 2 aromatic rings. The van der Waals surface area contributed by atoms with Crippen molar-refractivity contribution >= 4 is 15.9 Å². The van der Waals surface area contributed by atoms with E-state index in [4.69, 9.17) is 10.2 Å². The Morgan fingerprint density at radius 3 is 2.76 bits per heavy atom. The number of nitrogens with two attached hydrogens (primary N) is 1. The normalized spacial score (nSPS) is 12.7. The predicted molar refractivity (Wildman–Crippen MR) is 73.9 cm³/mol. The minimum absolute atomic E-state index is 0.120. The van der Waals surface area contributed by atoms with E-state index in [0.717, 1.165) is 28.0 Å². The van der Waals surface area contributed by atoms with E-state index in [1.54, 1.807) is 0 Å². The van der Waals surface area contributed by atoms with Gasteiger partial charge in [0.25, 0.3) is 0 Å². The molecule has 3 heteroatoms. The van der Waals surface area contributed by atoms with Crippen molar-refractivity contribution in [1.29, 1.82) is 0 Å². The van der Waals surface area contributed by atoms with Crippen LogP contribution in [0.5, 0.6) is 0 Å². The summed E-state index contributed by atoms with van der Waals surface area (Å²) in [5.74, 6) is 1.82. The highest BCUT2D eigenvalue weighted by molar-refractivity contribution is 9.10. The summed E-state index contributed by atoms with van der Waals surface area (Å²) < 4.78 is 6.85. The van der Waals surface area contributed by atoms with Gasteiger partial charge in [0.1, 0.15) is 11.5 Å². The van der Waals surface area contributed by atoms with Gasteiger partial charge in [-0.1, -0.05) is 27.6 Å². The lowest BCUT2D eigenvalue weighted by atomic mass is 10.1. The number of aryl methyl sites for hydroxylation is 1. The molecule has 0 bridgehead atoms. The lowest BCUT2D eigenvalue weighted by Crippen LogP contribution is -2.17. The first kappa shape index (κ1) is 12.4. The molecule has 0 saturated heterocycles. The summed E-state index contributed by atoms with van der Waals surface area (Å²) in [4.78, 5) is 0. The molecule has 90 valence electrons. The van der Waals surface area contributed by atoms with Crippen molar-refractivity contribution in [3.8, 4) is 11.3 Å². The molecule has 1 aromatic carbocycles. The largest absolute Gasteiger partial charge is 0.461 e. The zero-order valence-corrected chi connectivity index (χ0v) is 11.6. The Morgan fingerprint density at radius 2 is 2.06 bits per heavy atom. The molecule has 0 saturated carbocycles. The minimum atomic E-state index is 0.120. The lowest BCUT2D eigenvalue weighted by molar-refractivity contribution is 0.503. The van der Waals surface area contributed by atoms with Crippen LogP contribution in [0, 0.1) is 6.92 Å². The molecule has 2 nitrogen and oxygen atoms in total. The Kier molecular flexibility index (Phi) is 3.69. The zero-order chi connectivity index (χ0) is 12.4. The fraction of sp³-hybridized carbons (Fsp3) is 0.286. The van der Waals surface area contributed by atoms with Crippen molar-refractivity contribution in [1.82, 2.24) is 0 Å². The average Bonchev–Trinajstić information content (AvgIpc) is 2.69. The first-order chi connectivity index (χ1) is 8.06. The molecule has 2 rings (SSSR count). The molecule has 0 radical (unpaired) electrons. The molecule has 0 spiro atoms. The first-order valence-electron chi connectivity index (χ1n) is 5.67. The SMILES string of the molecule is Cc1ccc(Br)c(-c2ccc(CC(C)N)o2)c1. The second kappa shape index (κ2) is 5.07. The monoisotopic (exact) mass is 293 g/mol. The number of furan rings is 1. The van der Waals surface area contributed by atoms with Crippen LogP contribution in [0.25, 0.3) is 11.3 Å². The summed E-state index contributed by atoms with van der Waals surface area (Å²) in [6, 6.07) is 10.3. The third kappa shape index (κ3) is 2.99. The maximum atomic E-state index is 5.81. The minimum Gasteiger partial charge on any atom is -0.461 e. The van der Waals surface area contributed by atoms with Crippen molar-refractivity contribution in [2.45, 2.75) is 26.3 Å². The van der Waals surface area contributed by atoms with Crippen LogP contribution in [-0.4, -0.2) is 6.04 Å². The lowest BCUT2D eigenvalue weighted by Gasteiger charge is -2.03. The van der Waals surface area contributed by atoms with E-state index in [-0.39, 0.29) is 6.04 Å². The van der Waals surface area contributed by atoms with Crippen molar-refractivity contribution in [2.75, 3.05) is 0 Å². The van der Waals surface area contributed by atoms with Crippen LogP contribution in [0.2, 0.25) is 0 Å². The Hall–Kier alpha value is -1.06. The molecule has 0 aliphatic carbocycles. The van der Waals surface area contributed by atoms with Crippen molar-refractivity contribution in [3.05, 3.63) is 46.1 Å². The van der Waals surface area contributed by atoms with Gasteiger partial charge in [-0.3, -0.25) is 0 Å². The molecule has 0 aliphatic heterocycles. The van der Waals surface area contributed by atoms with Crippen LogP contribution in [0.3, 0.4) is 0 Å². The number of benzene rings is 1. The Balaban J connectivity index is 2.33. The molecular formula is C14H16BrNO. The van der Waals surface area contributed by atoms with Crippen LogP contribution in [-0.2, 0) is 6.42 Å². The number of rotatable bonds is 3. The zero-order valence-electron chi connectivity index (χ0n) is 10.0. The summed E-state index contributed by atoms with van der Waals surface area (Å²) in [7, 11) is 0. The quantitative estimate of drug-likeness (QED) is 0.932. The van der Waals surface area contributed by atoms with Gasteiger partial charge < -0.3 is 10.2 Å². The summed E-state index contributed by atoms with van der Waals surface area (Å²) in [5.41, 5.74) is 8.06. The van der Waals surface area contributed by atoms with E-state index >= 15 is 0 Å². The standard InChI is InChI=1S/C14H16BrNO/c1-9-3-5-13(15)12(7-9)14-6-4-11(17-14)8-10(2)16/h3-7,10H,8,16H2,1-2H3. The van der Waals surface area contributed by atoms with Crippen molar-refractivity contribution < 1.29 is 4.42 Å². The van der Waals surface area contributed by atoms with Crippen LogP contribution in [0.15, 0.2) is 39.2 Å². The molecule has 1 unspecified atom stereocenters. The highest BCUT2D eigenvalue weighted by Crippen LogP contribution is 2.30. The predicted octanol–water partition coefficient (Wildman–Crippen LogP) is 3.91. The summed E-state index contributed by atoms with van der Waals surface area (Å²) in [5, 5.41) is 0. The average molecular weight is 294 g/mol. The molecular weight excluding hydrogens is 278 g/mol. The van der Waals surface area contributed by atoms with Gasteiger partial charge in [-0.25, -0.2) is 0 Å². The van der Waals surface area contributed by atoms with Gasteiger partial charge in [0.2, 0.25) is 0 Å². The maximum absolute atomic E-state index is 5.81. The van der Waals surface area contributed by atoms with Gasteiger partial charge in [0.15, 0.2) is 0 Å². The molecule has 0 aliphatic rings. The smallest absolute Gasteiger partial charge is 0.135 e. The third-order valence-corrected chi connectivity index (χ3v) is 3.26. The van der Waals surface area contributed by atoms with Gasteiger partial charge in [-0.2, -0.15) is 0 Å². The second-order valence-corrected chi connectivity index (χ2v) is 5.29. The molecule has 1 heterocycles. The van der Waals surface area contributed by atoms with Gasteiger partial charge in [0, 0.05) is 22.5 Å². The Labute approximate surface area is 110 Å².